The number of rotatable bonds is 52. The molecule has 2 unspecified atom stereocenters. The van der Waals surface area contributed by atoms with Crippen LogP contribution in [-0.4, -0.2) is 93.4 Å². The van der Waals surface area contributed by atoms with Gasteiger partial charge in [-0.25, -0.2) is 4.57 Å². The maximum Gasteiger partial charge on any atom is 0.472 e. The van der Waals surface area contributed by atoms with Crippen LogP contribution in [0.4, 0.5) is 0 Å². The third-order valence-electron chi connectivity index (χ3n) is 12.8. The topological polar surface area (TPSA) is 164 Å². The molecule has 0 rings (SSSR count). The molecule has 0 aromatic rings. The van der Waals surface area contributed by atoms with Crippen molar-refractivity contribution < 1.29 is 56.6 Å². The highest BCUT2D eigenvalue weighted by atomic mass is 31.2. The van der Waals surface area contributed by atoms with Gasteiger partial charge in [-0.3, -0.25) is 28.2 Å². The third-order valence-corrected chi connectivity index (χ3v) is 13.8. The molecule has 0 aromatic heterocycles. The Hall–Kier alpha value is -2.05. The molecular weight excluding hydrogens is 898 g/mol. The van der Waals surface area contributed by atoms with E-state index in [0.29, 0.717) is 58.3 Å². The van der Waals surface area contributed by atoms with Crippen molar-refractivity contribution in [1.82, 2.24) is 4.90 Å². The lowest BCUT2D eigenvalue weighted by Gasteiger charge is -2.20. The Bertz CT molecular complexity index is 1240. The fourth-order valence-electron chi connectivity index (χ4n) is 8.29. The molecule has 0 saturated heterocycles. The van der Waals surface area contributed by atoms with Crippen LogP contribution in [0.2, 0.25) is 0 Å². The van der Waals surface area contributed by atoms with Gasteiger partial charge in [-0.15, -0.1) is 0 Å². The van der Waals surface area contributed by atoms with Gasteiger partial charge in [0.1, 0.15) is 6.61 Å². The second-order valence-corrected chi connectivity index (χ2v) is 21.2. The molecule has 0 aliphatic heterocycles. The van der Waals surface area contributed by atoms with Gasteiger partial charge in [0, 0.05) is 19.4 Å². The van der Waals surface area contributed by atoms with Crippen molar-refractivity contribution in [2.24, 2.45) is 11.8 Å². The van der Waals surface area contributed by atoms with Gasteiger partial charge in [-0.05, 0) is 78.3 Å². The Kier molecular flexibility index (Phi) is 46.8. The van der Waals surface area contributed by atoms with Crippen LogP contribution in [0.3, 0.4) is 0 Å². The van der Waals surface area contributed by atoms with Crippen LogP contribution in [0, 0.1) is 11.8 Å². The zero-order valence-corrected chi connectivity index (χ0v) is 46.2. The number of hydrogen-bond donors (Lipinski definition) is 1. The Morgan fingerprint density at radius 3 is 1.19 bits per heavy atom. The predicted octanol–water partition coefficient (Wildman–Crippen LogP) is 14.6. The molecule has 1 N–H and O–H groups in total. The molecular formula is C55H106NO12P. The Morgan fingerprint density at radius 1 is 0.435 bits per heavy atom. The average molecular weight is 1000 g/mol. The number of unbranched alkanes of at least 4 members (excludes halogenated alkanes) is 24. The van der Waals surface area contributed by atoms with Crippen molar-refractivity contribution in [3.05, 3.63) is 0 Å². The van der Waals surface area contributed by atoms with E-state index in [1.165, 1.54) is 103 Å². The molecule has 0 amide bonds. The monoisotopic (exact) mass is 1000 g/mol. The molecule has 408 valence electrons. The molecule has 0 aliphatic carbocycles. The fourth-order valence-corrected chi connectivity index (χ4v) is 9.04. The molecule has 0 bridgehead atoms. The van der Waals surface area contributed by atoms with E-state index in [0.717, 1.165) is 77.0 Å². The summed E-state index contributed by atoms with van der Waals surface area (Å²) in [5.74, 6) is -1.39. The third kappa shape index (κ3) is 44.4. The van der Waals surface area contributed by atoms with Gasteiger partial charge in [0.05, 0.1) is 38.3 Å². The second-order valence-electron chi connectivity index (χ2n) is 19.8. The van der Waals surface area contributed by atoms with Crippen molar-refractivity contribution in [1.29, 1.82) is 0 Å². The summed E-state index contributed by atoms with van der Waals surface area (Å²) in [6.45, 7) is 8.96. The summed E-state index contributed by atoms with van der Waals surface area (Å²) in [6.07, 6.45) is 34.7. The number of carbonyl (C=O) groups excluding carboxylic acids is 4. The van der Waals surface area contributed by atoms with Crippen molar-refractivity contribution in [2.75, 3.05) is 53.7 Å². The highest BCUT2D eigenvalue weighted by Gasteiger charge is 2.27. The first kappa shape index (κ1) is 67.0. The normalized spacial score (nSPS) is 13.0. The number of nitrogens with zero attached hydrogens (tertiary/aromatic N) is 1. The molecule has 13 nitrogen and oxygen atoms in total. The molecule has 0 fully saturated rings. The lowest BCUT2D eigenvalue weighted by atomic mass is 9.94. The quantitative estimate of drug-likeness (QED) is 0.0265. The summed E-state index contributed by atoms with van der Waals surface area (Å²) in [5, 5.41) is 0. The number of carbonyl (C=O) groups is 4. The number of phosphoric ester groups is 1. The molecule has 0 aromatic carbocycles. The van der Waals surface area contributed by atoms with E-state index in [1.54, 1.807) is 19.0 Å². The summed E-state index contributed by atoms with van der Waals surface area (Å²) in [4.78, 5) is 63.9. The van der Waals surface area contributed by atoms with Crippen LogP contribution in [0.15, 0.2) is 0 Å². The molecule has 2 atom stereocenters. The average Bonchev–Trinajstić information content (AvgIpc) is 3.32. The SMILES string of the molecule is CCCCCCCCC(CCCCCCCC)C(=O)OCCCCCC(=O)OCC(COP(=O)(O)OCCN(C)C)OC(=O)CCCCCOC(=O)C(CCCCCCCC)CCCCCCCC. The maximum atomic E-state index is 13.1. The first-order valence-electron chi connectivity index (χ1n) is 28.3. The Morgan fingerprint density at radius 2 is 0.797 bits per heavy atom. The number of phosphoric acid groups is 1. The van der Waals surface area contributed by atoms with E-state index in [2.05, 4.69) is 27.7 Å². The van der Waals surface area contributed by atoms with E-state index in [4.69, 9.17) is 28.0 Å². The summed E-state index contributed by atoms with van der Waals surface area (Å²) in [7, 11) is -0.869. The number of hydrogen-bond acceptors (Lipinski definition) is 12. The van der Waals surface area contributed by atoms with Crippen LogP contribution in [-0.2, 0) is 51.7 Å². The molecule has 0 spiro atoms. The number of ether oxygens (including phenoxy) is 4. The van der Waals surface area contributed by atoms with Gasteiger partial charge in [-0.1, -0.05) is 182 Å². The number of likely N-dealkylation sites (N-methyl/N-ethyl adjacent to an activating group) is 1. The van der Waals surface area contributed by atoms with Crippen molar-refractivity contribution in [2.45, 2.75) is 265 Å². The van der Waals surface area contributed by atoms with Crippen molar-refractivity contribution >= 4 is 31.7 Å². The lowest BCUT2D eigenvalue weighted by Crippen LogP contribution is -2.29. The molecule has 0 aliphatic rings. The van der Waals surface area contributed by atoms with Crippen LogP contribution >= 0.6 is 7.82 Å². The fraction of sp³-hybridized carbons (Fsp3) is 0.927. The minimum atomic E-state index is -4.47. The van der Waals surface area contributed by atoms with E-state index >= 15 is 0 Å². The molecule has 69 heavy (non-hydrogen) atoms. The van der Waals surface area contributed by atoms with Gasteiger partial charge < -0.3 is 28.7 Å². The summed E-state index contributed by atoms with van der Waals surface area (Å²) in [5.41, 5.74) is 0. The highest BCUT2D eigenvalue weighted by molar-refractivity contribution is 7.47. The Labute approximate surface area is 422 Å². The second kappa shape index (κ2) is 48.2. The van der Waals surface area contributed by atoms with Crippen LogP contribution in [0.25, 0.3) is 0 Å². The van der Waals surface area contributed by atoms with E-state index in [-0.39, 0.29) is 49.8 Å². The highest BCUT2D eigenvalue weighted by Crippen LogP contribution is 2.43. The van der Waals surface area contributed by atoms with Gasteiger partial charge in [-0.2, -0.15) is 0 Å². The first-order chi connectivity index (χ1) is 33.4. The van der Waals surface area contributed by atoms with Gasteiger partial charge in [0.15, 0.2) is 6.10 Å². The standard InChI is InChI=1S/C55H106NO12P/c1-7-11-15-19-23-29-37-49(38-30-24-20-16-12-8-2)54(59)63-44-35-27-33-41-52(57)65-47-51(48-67-69(61,62)66-46-43-56(5)6)68-53(58)42-34-28-36-45-64-55(60)50(39-31-25-21-17-13-9-3)40-32-26-22-18-14-10-4/h49-51H,7-48H2,1-6H3,(H,61,62). The molecule has 0 saturated carbocycles. The van der Waals surface area contributed by atoms with Crippen LogP contribution in [0.1, 0.15) is 259 Å². The predicted molar refractivity (Wildman–Crippen MR) is 279 cm³/mol. The van der Waals surface area contributed by atoms with Gasteiger partial charge in [0.25, 0.3) is 0 Å². The maximum absolute atomic E-state index is 13.1. The zero-order chi connectivity index (χ0) is 51.1. The number of esters is 4. The van der Waals surface area contributed by atoms with E-state index < -0.39 is 32.5 Å². The smallest absolute Gasteiger partial charge is 0.465 e. The molecule has 0 radical (unpaired) electrons. The summed E-state index contributed by atoms with van der Waals surface area (Å²) in [6, 6.07) is 0. The minimum Gasteiger partial charge on any atom is -0.465 e. The molecule has 14 heteroatoms. The molecule has 0 heterocycles. The van der Waals surface area contributed by atoms with E-state index in [1.807, 2.05) is 0 Å². The van der Waals surface area contributed by atoms with Crippen LogP contribution < -0.4 is 0 Å². The lowest BCUT2D eigenvalue weighted by molar-refractivity contribution is -0.161. The van der Waals surface area contributed by atoms with Crippen molar-refractivity contribution in [3.8, 4) is 0 Å². The van der Waals surface area contributed by atoms with Gasteiger partial charge >= 0.3 is 31.7 Å². The van der Waals surface area contributed by atoms with E-state index in [9.17, 15) is 28.6 Å². The van der Waals surface area contributed by atoms with Crippen molar-refractivity contribution in [3.63, 3.8) is 0 Å². The zero-order valence-electron chi connectivity index (χ0n) is 45.3. The summed E-state index contributed by atoms with van der Waals surface area (Å²) >= 11 is 0. The first-order valence-corrected chi connectivity index (χ1v) is 29.8. The Balaban J connectivity index is 4.95. The summed E-state index contributed by atoms with van der Waals surface area (Å²) < 4.78 is 45.2. The van der Waals surface area contributed by atoms with Gasteiger partial charge in [0.2, 0.25) is 0 Å². The largest absolute Gasteiger partial charge is 0.472 e. The minimum absolute atomic E-state index is 0.0490. The van der Waals surface area contributed by atoms with Crippen LogP contribution in [0.5, 0.6) is 0 Å².